The first kappa shape index (κ1) is 17.4. The number of rotatable bonds is 5. The zero-order valence-corrected chi connectivity index (χ0v) is 15.1. The second-order valence-electron chi connectivity index (χ2n) is 7.03. The summed E-state index contributed by atoms with van der Waals surface area (Å²) in [6.45, 7) is 11.4. The molecular weight excluding hydrogens is 290 g/mol. The van der Waals surface area contributed by atoms with Crippen LogP contribution in [0.5, 0.6) is 11.5 Å². The number of hydrogen-bond donors (Lipinski definition) is 1. The number of nitrogens with zero attached hydrogens (tertiary/aromatic N) is 2. The lowest BCUT2D eigenvalue weighted by Gasteiger charge is -2.62. The highest BCUT2D eigenvalue weighted by molar-refractivity contribution is 5.82. The zero-order valence-electron chi connectivity index (χ0n) is 15.1. The molecule has 0 amide bonds. The highest BCUT2D eigenvalue weighted by Gasteiger charge is 2.53. The molecule has 0 atom stereocenters. The van der Waals surface area contributed by atoms with E-state index in [1.165, 1.54) is 0 Å². The van der Waals surface area contributed by atoms with E-state index in [-0.39, 0.29) is 5.54 Å². The average molecular weight is 319 g/mol. The number of ether oxygens (including phenoxy) is 2. The van der Waals surface area contributed by atoms with E-state index < -0.39 is 0 Å². The van der Waals surface area contributed by atoms with Crippen molar-refractivity contribution in [3.05, 3.63) is 24.3 Å². The summed E-state index contributed by atoms with van der Waals surface area (Å²) in [5.74, 6) is 2.55. The Kier molecular flexibility index (Phi) is 5.07. The topological polar surface area (TPSA) is 46.1 Å². The highest BCUT2D eigenvalue weighted by Crippen LogP contribution is 2.46. The minimum Gasteiger partial charge on any atom is -0.497 e. The van der Waals surface area contributed by atoms with Crippen LogP contribution in [-0.4, -0.2) is 50.3 Å². The van der Waals surface area contributed by atoms with Gasteiger partial charge in [-0.2, -0.15) is 0 Å². The van der Waals surface area contributed by atoms with Gasteiger partial charge in [0.15, 0.2) is 5.96 Å². The van der Waals surface area contributed by atoms with Gasteiger partial charge in [-0.15, -0.1) is 0 Å². The molecule has 0 saturated carbocycles. The van der Waals surface area contributed by atoms with Gasteiger partial charge in [-0.25, -0.2) is 0 Å². The van der Waals surface area contributed by atoms with E-state index in [1.807, 2.05) is 31.3 Å². The number of hydrogen-bond acceptors (Lipinski definition) is 3. The molecule has 1 aliphatic rings. The molecular formula is C18H29N3O2. The first-order chi connectivity index (χ1) is 10.8. The monoisotopic (exact) mass is 319 g/mol. The lowest BCUT2D eigenvalue weighted by atomic mass is 9.65. The van der Waals surface area contributed by atoms with Crippen LogP contribution in [0.15, 0.2) is 29.3 Å². The molecule has 1 fully saturated rings. The van der Waals surface area contributed by atoms with Crippen molar-refractivity contribution in [2.75, 3.05) is 33.9 Å². The maximum absolute atomic E-state index is 5.75. The molecule has 1 heterocycles. The van der Waals surface area contributed by atoms with Gasteiger partial charge in [0, 0.05) is 30.6 Å². The van der Waals surface area contributed by atoms with Crippen molar-refractivity contribution in [1.29, 1.82) is 0 Å². The number of likely N-dealkylation sites (tertiary alicyclic amines) is 1. The van der Waals surface area contributed by atoms with E-state index in [0.717, 1.165) is 24.0 Å². The van der Waals surface area contributed by atoms with Crippen molar-refractivity contribution < 1.29 is 9.47 Å². The molecule has 0 aliphatic carbocycles. The van der Waals surface area contributed by atoms with Crippen LogP contribution in [0.4, 0.5) is 0 Å². The fourth-order valence-electron chi connectivity index (χ4n) is 2.72. The molecule has 5 heteroatoms. The lowest BCUT2D eigenvalue weighted by molar-refractivity contribution is -0.0667. The highest BCUT2D eigenvalue weighted by atomic mass is 16.5. The maximum atomic E-state index is 5.75. The van der Waals surface area contributed by atoms with Gasteiger partial charge in [0.1, 0.15) is 18.1 Å². The number of methoxy groups -OCH3 is 1. The molecule has 0 aromatic heterocycles. The summed E-state index contributed by atoms with van der Waals surface area (Å²) in [4.78, 5) is 6.72. The molecule has 0 unspecified atom stereocenters. The summed E-state index contributed by atoms with van der Waals surface area (Å²) in [6, 6.07) is 7.64. The fourth-order valence-corrected chi connectivity index (χ4v) is 2.72. The Bertz CT molecular complexity index is 567. The smallest absolute Gasteiger partial charge is 0.194 e. The Balaban J connectivity index is 1.81. The van der Waals surface area contributed by atoms with Crippen LogP contribution in [0, 0.1) is 5.41 Å². The zero-order chi connectivity index (χ0) is 17.1. The minimum absolute atomic E-state index is 0.0997. The van der Waals surface area contributed by atoms with E-state index >= 15 is 0 Å². The van der Waals surface area contributed by atoms with Crippen LogP contribution in [0.2, 0.25) is 0 Å². The van der Waals surface area contributed by atoms with Crippen molar-refractivity contribution in [3.8, 4) is 11.5 Å². The van der Waals surface area contributed by atoms with Crippen LogP contribution in [0.25, 0.3) is 0 Å². The second-order valence-corrected chi connectivity index (χ2v) is 7.03. The number of guanidine groups is 1. The summed E-state index contributed by atoms with van der Waals surface area (Å²) < 4.78 is 10.9. The minimum atomic E-state index is 0.0997. The van der Waals surface area contributed by atoms with Crippen LogP contribution >= 0.6 is 0 Å². The third-order valence-corrected chi connectivity index (χ3v) is 5.05. The molecule has 128 valence electrons. The number of nitrogens with one attached hydrogen (secondary N) is 1. The van der Waals surface area contributed by atoms with Crippen molar-refractivity contribution in [3.63, 3.8) is 0 Å². The Labute approximate surface area is 139 Å². The van der Waals surface area contributed by atoms with Crippen LogP contribution in [-0.2, 0) is 0 Å². The number of benzene rings is 1. The molecule has 0 spiro atoms. The standard InChI is InChI=1S/C18H29N3O2/c1-17(2)13-21(18(17,3)4)16(19-5)20-10-11-23-15-9-7-8-14(12-15)22-6/h7-9,12H,10-11,13H2,1-6H3,(H,19,20). The summed E-state index contributed by atoms with van der Waals surface area (Å²) in [5, 5.41) is 3.38. The van der Waals surface area contributed by atoms with Gasteiger partial charge in [-0.05, 0) is 26.0 Å². The molecule has 1 aromatic carbocycles. The normalized spacial score (nSPS) is 19.0. The van der Waals surface area contributed by atoms with E-state index in [4.69, 9.17) is 9.47 Å². The van der Waals surface area contributed by atoms with Gasteiger partial charge < -0.3 is 19.7 Å². The Morgan fingerprint density at radius 2 is 1.96 bits per heavy atom. The average Bonchev–Trinajstić information content (AvgIpc) is 2.53. The second kappa shape index (κ2) is 6.69. The van der Waals surface area contributed by atoms with E-state index in [9.17, 15) is 0 Å². The summed E-state index contributed by atoms with van der Waals surface area (Å²) in [5.41, 5.74) is 0.393. The fraction of sp³-hybridized carbons (Fsp3) is 0.611. The third kappa shape index (κ3) is 3.54. The van der Waals surface area contributed by atoms with Gasteiger partial charge in [0.05, 0.1) is 13.7 Å². The lowest BCUT2D eigenvalue weighted by Crippen LogP contribution is -2.72. The van der Waals surface area contributed by atoms with Crippen molar-refractivity contribution >= 4 is 5.96 Å². The molecule has 0 bridgehead atoms. The molecule has 0 radical (unpaired) electrons. The first-order valence-corrected chi connectivity index (χ1v) is 8.07. The van der Waals surface area contributed by atoms with Gasteiger partial charge in [-0.3, -0.25) is 4.99 Å². The van der Waals surface area contributed by atoms with Gasteiger partial charge in [0.25, 0.3) is 0 Å². The summed E-state index contributed by atoms with van der Waals surface area (Å²) >= 11 is 0. The summed E-state index contributed by atoms with van der Waals surface area (Å²) in [6.07, 6.45) is 0. The molecule has 1 saturated heterocycles. The van der Waals surface area contributed by atoms with Gasteiger partial charge >= 0.3 is 0 Å². The first-order valence-electron chi connectivity index (χ1n) is 8.07. The molecule has 1 aromatic rings. The van der Waals surface area contributed by atoms with Gasteiger partial charge in [0.2, 0.25) is 0 Å². The van der Waals surface area contributed by atoms with Crippen LogP contribution in [0.3, 0.4) is 0 Å². The Hall–Kier alpha value is -1.91. The van der Waals surface area contributed by atoms with Crippen molar-refractivity contribution in [1.82, 2.24) is 10.2 Å². The molecule has 2 rings (SSSR count). The quantitative estimate of drug-likeness (QED) is 0.515. The molecule has 5 nitrogen and oxygen atoms in total. The molecule has 23 heavy (non-hydrogen) atoms. The Morgan fingerprint density at radius 3 is 2.52 bits per heavy atom. The summed E-state index contributed by atoms with van der Waals surface area (Å²) in [7, 11) is 3.48. The van der Waals surface area contributed by atoms with Gasteiger partial charge in [-0.1, -0.05) is 19.9 Å². The molecule has 1 N–H and O–H groups in total. The van der Waals surface area contributed by atoms with Crippen LogP contribution < -0.4 is 14.8 Å². The van der Waals surface area contributed by atoms with Crippen LogP contribution in [0.1, 0.15) is 27.7 Å². The van der Waals surface area contributed by atoms with Crippen molar-refractivity contribution in [2.24, 2.45) is 10.4 Å². The largest absolute Gasteiger partial charge is 0.497 e. The third-order valence-electron chi connectivity index (χ3n) is 5.05. The van der Waals surface area contributed by atoms with Crippen molar-refractivity contribution in [2.45, 2.75) is 33.2 Å². The maximum Gasteiger partial charge on any atom is 0.194 e. The van der Waals surface area contributed by atoms with E-state index in [0.29, 0.717) is 18.6 Å². The number of aliphatic imine (C=N–C) groups is 1. The predicted octanol–water partition coefficient (Wildman–Crippen LogP) is 2.77. The predicted molar refractivity (Wildman–Crippen MR) is 94.4 cm³/mol. The Morgan fingerprint density at radius 1 is 1.26 bits per heavy atom. The SMILES string of the molecule is CN=C(NCCOc1cccc(OC)c1)N1CC(C)(C)C1(C)C. The van der Waals surface area contributed by atoms with E-state index in [2.05, 4.69) is 42.9 Å². The van der Waals surface area contributed by atoms with E-state index in [1.54, 1.807) is 7.11 Å². The molecule has 1 aliphatic heterocycles.